The number of benzene rings is 2. The Kier molecular flexibility index (Phi) is 4.31. The van der Waals surface area contributed by atoms with Crippen LogP contribution in [0.25, 0.3) is 16.7 Å². The number of hydrogen-bond donors (Lipinski definition) is 0. The van der Waals surface area contributed by atoms with Crippen LogP contribution in [0, 0.1) is 6.92 Å². The average Bonchev–Trinajstić information content (AvgIpc) is 3.10. The molecule has 0 aliphatic carbocycles. The fraction of sp³-hybridized carbons (Fsp3) is 0.150. The van der Waals surface area contributed by atoms with Crippen molar-refractivity contribution in [3.05, 3.63) is 71.6 Å². The normalized spacial score (nSPS) is 11.0. The molecule has 0 bridgehead atoms. The summed E-state index contributed by atoms with van der Waals surface area (Å²) >= 11 is 6.28. The maximum atomic E-state index is 6.28. The van der Waals surface area contributed by atoms with Crippen molar-refractivity contribution in [1.29, 1.82) is 0 Å². The molecule has 5 nitrogen and oxygen atoms in total. The third-order valence-corrected chi connectivity index (χ3v) is 4.79. The van der Waals surface area contributed by atoms with Gasteiger partial charge in [0.25, 0.3) is 0 Å². The molecule has 2 aromatic heterocycles. The van der Waals surface area contributed by atoms with E-state index in [0.29, 0.717) is 5.02 Å². The summed E-state index contributed by atoms with van der Waals surface area (Å²) in [5, 5.41) is 6.14. The SMILES string of the molecule is CCN(c1ccccc1)c1ncnc2c1cnn2-c1ccc(C)c(Cl)c1. The number of halogens is 1. The summed E-state index contributed by atoms with van der Waals surface area (Å²) in [7, 11) is 0. The lowest BCUT2D eigenvalue weighted by Crippen LogP contribution is -2.17. The van der Waals surface area contributed by atoms with E-state index in [2.05, 4.69) is 39.0 Å². The summed E-state index contributed by atoms with van der Waals surface area (Å²) in [6.45, 7) is 4.87. The summed E-state index contributed by atoms with van der Waals surface area (Å²) in [6, 6.07) is 16.1. The van der Waals surface area contributed by atoms with E-state index in [1.54, 1.807) is 11.0 Å². The van der Waals surface area contributed by atoms with Crippen LogP contribution >= 0.6 is 11.6 Å². The predicted molar refractivity (Wildman–Crippen MR) is 106 cm³/mol. The van der Waals surface area contributed by atoms with E-state index in [1.807, 2.05) is 49.5 Å². The second kappa shape index (κ2) is 6.77. The molecule has 2 aromatic carbocycles. The topological polar surface area (TPSA) is 46.8 Å². The zero-order chi connectivity index (χ0) is 18.1. The number of nitrogens with zero attached hydrogens (tertiary/aromatic N) is 5. The fourth-order valence-electron chi connectivity index (χ4n) is 3.01. The van der Waals surface area contributed by atoms with E-state index >= 15 is 0 Å². The Labute approximate surface area is 156 Å². The molecule has 0 amide bonds. The molecule has 0 saturated carbocycles. The van der Waals surface area contributed by atoms with Gasteiger partial charge in [-0.25, -0.2) is 14.6 Å². The van der Waals surface area contributed by atoms with Gasteiger partial charge in [-0.2, -0.15) is 5.10 Å². The number of aryl methyl sites for hydroxylation is 1. The highest BCUT2D eigenvalue weighted by Crippen LogP contribution is 2.30. The number of para-hydroxylation sites is 1. The van der Waals surface area contributed by atoms with E-state index in [9.17, 15) is 0 Å². The van der Waals surface area contributed by atoms with E-state index in [4.69, 9.17) is 11.6 Å². The van der Waals surface area contributed by atoms with Crippen molar-refractivity contribution in [3.8, 4) is 5.69 Å². The quantitative estimate of drug-likeness (QED) is 0.515. The molecule has 6 heteroatoms. The van der Waals surface area contributed by atoms with Crippen LogP contribution in [-0.4, -0.2) is 26.3 Å². The Morgan fingerprint density at radius 1 is 1.08 bits per heavy atom. The third kappa shape index (κ3) is 2.80. The first kappa shape index (κ1) is 16.5. The van der Waals surface area contributed by atoms with Crippen molar-refractivity contribution >= 4 is 34.1 Å². The summed E-state index contributed by atoms with van der Waals surface area (Å²) in [5.74, 6) is 0.841. The van der Waals surface area contributed by atoms with Gasteiger partial charge in [-0.3, -0.25) is 0 Å². The number of aromatic nitrogens is 4. The Morgan fingerprint density at radius 2 is 1.88 bits per heavy atom. The van der Waals surface area contributed by atoms with Crippen LogP contribution in [0.1, 0.15) is 12.5 Å². The molecule has 0 unspecified atom stereocenters. The summed E-state index contributed by atoms with van der Waals surface area (Å²) < 4.78 is 1.80. The standard InChI is InChI=1S/C20H18ClN5/c1-3-25(15-7-5-4-6-8-15)19-17-12-24-26(20(17)23-13-22-19)16-10-9-14(2)18(21)11-16/h4-13H,3H2,1-2H3. The minimum Gasteiger partial charge on any atom is -0.326 e. The molecule has 0 fully saturated rings. The average molecular weight is 364 g/mol. The monoisotopic (exact) mass is 363 g/mol. The van der Waals surface area contributed by atoms with Crippen molar-refractivity contribution in [3.63, 3.8) is 0 Å². The highest BCUT2D eigenvalue weighted by atomic mass is 35.5. The minimum atomic E-state index is 0.708. The van der Waals surface area contributed by atoms with Gasteiger partial charge >= 0.3 is 0 Å². The van der Waals surface area contributed by atoms with Gasteiger partial charge in [0.15, 0.2) is 5.65 Å². The molecule has 0 spiro atoms. The molecule has 2 heterocycles. The van der Waals surface area contributed by atoms with Gasteiger partial charge in [0, 0.05) is 17.3 Å². The first-order chi connectivity index (χ1) is 12.7. The van der Waals surface area contributed by atoms with Crippen LogP contribution in [0.2, 0.25) is 5.02 Å². The molecule has 130 valence electrons. The minimum absolute atomic E-state index is 0.708. The Bertz CT molecular complexity index is 1060. The molecule has 4 rings (SSSR count). The Hall–Kier alpha value is -2.92. The van der Waals surface area contributed by atoms with Crippen LogP contribution in [0.15, 0.2) is 61.1 Å². The van der Waals surface area contributed by atoms with Crippen LogP contribution in [0.5, 0.6) is 0 Å². The lowest BCUT2D eigenvalue weighted by Gasteiger charge is -2.22. The maximum Gasteiger partial charge on any atom is 0.168 e. The highest BCUT2D eigenvalue weighted by Gasteiger charge is 2.16. The van der Waals surface area contributed by atoms with Crippen molar-refractivity contribution < 1.29 is 0 Å². The van der Waals surface area contributed by atoms with Gasteiger partial charge in [0.2, 0.25) is 0 Å². The van der Waals surface area contributed by atoms with Gasteiger partial charge < -0.3 is 4.90 Å². The van der Waals surface area contributed by atoms with E-state index in [-0.39, 0.29) is 0 Å². The largest absolute Gasteiger partial charge is 0.326 e. The summed E-state index contributed by atoms with van der Waals surface area (Å²) in [6.07, 6.45) is 3.39. The zero-order valence-corrected chi connectivity index (χ0v) is 15.4. The smallest absolute Gasteiger partial charge is 0.168 e. The second-order valence-electron chi connectivity index (χ2n) is 6.00. The molecule has 26 heavy (non-hydrogen) atoms. The first-order valence-corrected chi connectivity index (χ1v) is 8.84. The summed E-state index contributed by atoms with van der Waals surface area (Å²) in [5.41, 5.74) is 3.75. The van der Waals surface area contributed by atoms with Gasteiger partial charge in [0.05, 0.1) is 17.3 Å². The second-order valence-corrected chi connectivity index (χ2v) is 6.41. The van der Waals surface area contributed by atoms with Gasteiger partial charge in [0.1, 0.15) is 12.1 Å². The lowest BCUT2D eigenvalue weighted by atomic mass is 10.2. The third-order valence-electron chi connectivity index (χ3n) is 4.38. The van der Waals surface area contributed by atoms with Crippen molar-refractivity contribution in [2.45, 2.75) is 13.8 Å². The molecule has 0 atom stereocenters. The Morgan fingerprint density at radius 3 is 2.62 bits per heavy atom. The molecule has 0 aliphatic heterocycles. The lowest BCUT2D eigenvalue weighted by molar-refractivity contribution is 0.893. The Balaban J connectivity index is 1.86. The van der Waals surface area contributed by atoms with Gasteiger partial charge in [-0.1, -0.05) is 35.9 Å². The summed E-state index contributed by atoms with van der Waals surface area (Å²) in [4.78, 5) is 11.1. The van der Waals surface area contributed by atoms with E-state index in [0.717, 1.165) is 40.3 Å². The number of hydrogen-bond acceptors (Lipinski definition) is 4. The van der Waals surface area contributed by atoms with E-state index in [1.165, 1.54) is 0 Å². The molecular weight excluding hydrogens is 346 g/mol. The van der Waals surface area contributed by atoms with Crippen molar-refractivity contribution in [1.82, 2.24) is 19.7 Å². The molecular formula is C20H18ClN5. The molecule has 0 saturated heterocycles. The van der Waals surface area contributed by atoms with Gasteiger partial charge in [-0.05, 0) is 43.7 Å². The molecule has 0 radical (unpaired) electrons. The molecule has 4 aromatic rings. The number of anilines is 2. The first-order valence-electron chi connectivity index (χ1n) is 8.47. The molecule has 0 aliphatic rings. The van der Waals surface area contributed by atoms with Gasteiger partial charge in [-0.15, -0.1) is 0 Å². The maximum absolute atomic E-state index is 6.28. The van der Waals surface area contributed by atoms with Crippen molar-refractivity contribution in [2.24, 2.45) is 0 Å². The van der Waals surface area contributed by atoms with Crippen LogP contribution in [0.3, 0.4) is 0 Å². The van der Waals surface area contributed by atoms with Crippen LogP contribution < -0.4 is 4.90 Å². The molecule has 0 N–H and O–H groups in total. The zero-order valence-electron chi connectivity index (χ0n) is 14.6. The number of fused-ring (bicyclic) bond motifs is 1. The fourth-order valence-corrected chi connectivity index (χ4v) is 3.19. The van der Waals surface area contributed by atoms with E-state index < -0.39 is 0 Å². The highest BCUT2D eigenvalue weighted by molar-refractivity contribution is 6.31. The van der Waals surface area contributed by atoms with Crippen LogP contribution in [0.4, 0.5) is 11.5 Å². The van der Waals surface area contributed by atoms with Crippen molar-refractivity contribution in [2.75, 3.05) is 11.4 Å². The predicted octanol–water partition coefficient (Wildman–Crippen LogP) is 4.94. The van der Waals surface area contributed by atoms with Crippen LogP contribution in [-0.2, 0) is 0 Å². The number of rotatable bonds is 4.